The molecule has 3 atom stereocenters. The molecular formula is C31H52ClN3O6. The van der Waals surface area contributed by atoms with Crippen molar-refractivity contribution in [1.29, 1.82) is 0 Å². The molecular weight excluding hydrogens is 546 g/mol. The fraction of sp³-hybridized carbons (Fsp3) is 0.742. The van der Waals surface area contributed by atoms with Crippen LogP contribution < -0.4 is 15.8 Å². The molecule has 5 N–H and O–H groups in total. The average Bonchev–Trinajstić information content (AvgIpc) is 2.95. The molecule has 1 aliphatic carbocycles. The van der Waals surface area contributed by atoms with Gasteiger partial charge < -0.3 is 30.7 Å². The number of rotatable bonds is 17. The number of methoxy groups -OCH3 is 1. The Morgan fingerprint density at radius 2 is 1.78 bits per heavy atom. The SMILES string of the molecule is COCCCCOc1ccccc1C(=O)N(Cl)C[C@@H](C[C@H](N)[C@@H](O)CNC(=O)C(C)(C)C1CCC(O)CC1)C(C)C. The van der Waals surface area contributed by atoms with Crippen molar-refractivity contribution in [2.75, 3.05) is 33.4 Å². The van der Waals surface area contributed by atoms with Crippen molar-refractivity contribution in [2.24, 2.45) is 28.9 Å². The number of carbonyl (C=O) groups excluding carboxylic acids is 2. The van der Waals surface area contributed by atoms with Gasteiger partial charge in [-0.25, -0.2) is 0 Å². The first kappa shape index (κ1) is 35.3. The van der Waals surface area contributed by atoms with Crippen LogP contribution in [-0.4, -0.2) is 78.1 Å². The summed E-state index contributed by atoms with van der Waals surface area (Å²) in [6, 6.07) is 6.43. The van der Waals surface area contributed by atoms with Crippen molar-refractivity contribution in [1.82, 2.24) is 9.74 Å². The van der Waals surface area contributed by atoms with Gasteiger partial charge in [0, 0.05) is 50.0 Å². The zero-order chi connectivity index (χ0) is 30.6. The molecule has 0 bridgehead atoms. The third-order valence-corrected chi connectivity index (χ3v) is 8.81. The number of carbonyl (C=O) groups is 2. The van der Waals surface area contributed by atoms with E-state index in [0.717, 1.165) is 25.7 Å². The molecule has 9 nitrogen and oxygen atoms in total. The number of nitrogens with one attached hydrogen (secondary N) is 1. The van der Waals surface area contributed by atoms with Crippen LogP contribution in [0.2, 0.25) is 0 Å². The number of unbranched alkanes of at least 4 members (excludes halogenated alkanes) is 1. The minimum atomic E-state index is -0.948. The Kier molecular flexibility index (Phi) is 14.9. The van der Waals surface area contributed by atoms with Crippen molar-refractivity contribution in [3.05, 3.63) is 29.8 Å². The quantitative estimate of drug-likeness (QED) is 0.157. The van der Waals surface area contributed by atoms with Crippen LogP contribution in [-0.2, 0) is 9.53 Å². The highest BCUT2D eigenvalue weighted by Gasteiger charge is 2.39. The molecule has 0 aliphatic heterocycles. The van der Waals surface area contributed by atoms with Gasteiger partial charge in [0.25, 0.3) is 5.91 Å². The van der Waals surface area contributed by atoms with E-state index < -0.39 is 17.6 Å². The van der Waals surface area contributed by atoms with Crippen molar-refractivity contribution in [2.45, 2.75) is 90.9 Å². The first-order valence-electron chi connectivity index (χ1n) is 15.0. The Morgan fingerprint density at radius 1 is 1.15 bits per heavy atom. The van der Waals surface area contributed by atoms with E-state index in [0.29, 0.717) is 43.8 Å². The second-order valence-electron chi connectivity index (χ2n) is 12.3. The number of hydrogen-bond donors (Lipinski definition) is 4. The molecule has 234 valence electrons. The second kappa shape index (κ2) is 17.3. The largest absolute Gasteiger partial charge is 0.493 e. The lowest BCUT2D eigenvalue weighted by atomic mass is 9.70. The third kappa shape index (κ3) is 11.0. The summed E-state index contributed by atoms with van der Waals surface area (Å²) in [7, 11) is 1.66. The molecule has 1 aromatic rings. The van der Waals surface area contributed by atoms with Gasteiger partial charge in [-0.05, 0) is 74.8 Å². The van der Waals surface area contributed by atoms with Crippen molar-refractivity contribution in [3.63, 3.8) is 0 Å². The van der Waals surface area contributed by atoms with E-state index in [2.05, 4.69) is 5.32 Å². The summed E-state index contributed by atoms with van der Waals surface area (Å²) in [4.78, 5) is 26.2. The van der Waals surface area contributed by atoms with Crippen molar-refractivity contribution in [3.8, 4) is 5.75 Å². The normalized spacial score (nSPS) is 19.9. The van der Waals surface area contributed by atoms with Crippen molar-refractivity contribution < 1.29 is 29.3 Å². The molecule has 2 rings (SSSR count). The Bertz CT molecular complexity index is 938. The van der Waals surface area contributed by atoms with Gasteiger partial charge in [-0.1, -0.05) is 39.8 Å². The van der Waals surface area contributed by atoms with Crippen LogP contribution in [0.15, 0.2) is 24.3 Å². The number of para-hydroxylation sites is 1. The maximum atomic E-state index is 13.3. The number of benzene rings is 1. The zero-order valence-corrected chi connectivity index (χ0v) is 26.2. The van der Waals surface area contributed by atoms with Crippen LogP contribution in [0.25, 0.3) is 0 Å². The van der Waals surface area contributed by atoms with Gasteiger partial charge in [-0.2, -0.15) is 0 Å². The standard InChI is InChI=1S/C31H52ClN3O6/c1-21(2)22(20-35(32)29(38)25-10-6-7-11-28(25)41-17-9-8-16-40-5)18-26(33)27(37)19-34-30(39)31(3,4)23-12-14-24(36)15-13-23/h6-7,10-11,21-24,26-27,36-37H,8-9,12-20,33H2,1-5H3,(H,34,39)/t22-,23?,24?,26+,27+/m1/s1. The topological polar surface area (TPSA) is 134 Å². The van der Waals surface area contributed by atoms with Gasteiger partial charge in [0.1, 0.15) is 5.75 Å². The molecule has 2 amide bonds. The first-order chi connectivity index (χ1) is 19.4. The van der Waals surface area contributed by atoms with Gasteiger partial charge in [0.05, 0.1) is 24.4 Å². The number of nitrogens with zero attached hydrogens (tertiary/aromatic N) is 1. The Balaban J connectivity index is 1.91. The number of amides is 2. The number of nitrogens with two attached hydrogens (primary N) is 1. The lowest BCUT2D eigenvalue weighted by Gasteiger charge is -2.37. The summed E-state index contributed by atoms with van der Waals surface area (Å²) in [6.45, 7) is 9.31. The Morgan fingerprint density at radius 3 is 2.41 bits per heavy atom. The van der Waals surface area contributed by atoms with Crippen LogP contribution in [0, 0.1) is 23.2 Å². The van der Waals surface area contributed by atoms with Crippen LogP contribution in [0.4, 0.5) is 0 Å². The maximum Gasteiger partial charge on any atom is 0.271 e. The predicted molar refractivity (Wildman–Crippen MR) is 162 cm³/mol. The highest BCUT2D eigenvalue weighted by molar-refractivity contribution is 6.24. The Hall–Kier alpha value is -1.91. The molecule has 0 radical (unpaired) electrons. The average molecular weight is 598 g/mol. The van der Waals surface area contributed by atoms with Gasteiger partial charge >= 0.3 is 0 Å². The lowest BCUT2D eigenvalue weighted by Crippen LogP contribution is -2.49. The number of halogens is 1. The monoisotopic (exact) mass is 597 g/mol. The molecule has 0 aromatic heterocycles. The minimum Gasteiger partial charge on any atom is -0.493 e. The highest BCUT2D eigenvalue weighted by atomic mass is 35.5. The molecule has 1 aromatic carbocycles. The molecule has 0 spiro atoms. The molecule has 1 fully saturated rings. The molecule has 1 saturated carbocycles. The molecule has 1 aliphatic rings. The molecule has 10 heteroatoms. The van der Waals surface area contributed by atoms with Crippen LogP contribution >= 0.6 is 11.8 Å². The summed E-state index contributed by atoms with van der Waals surface area (Å²) < 4.78 is 12.1. The molecule has 41 heavy (non-hydrogen) atoms. The van der Waals surface area contributed by atoms with Gasteiger partial charge in [-0.15, -0.1) is 0 Å². The van der Waals surface area contributed by atoms with Crippen LogP contribution in [0.1, 0.15) is 83.0 Å². The van der Waals surface area contributed by atoms with E-state index in [1.807, 2.05) is 33.8 Å². The Labute approximate surface area is 251 Å². The number of aliphatic hydroxyl groups is 2. The van der Waals surface area contributed by atoms with Crippen LogP contribution in [0.5, 0.6) is 5.75 Å². The van der Waals surface area contributed by atoms with Crippen LogP contribution in [0.3, 0.4) is 0 Å². The first-order valence-corrected chi connectivity index (χ1v) is 15.3. The third-order valence-electron chi connectivity index (χ3n) is 8.52. The molecule has 0 heterocycles. The molecule has 0 saturated heterocycles. The fourth-order valence-corrected chi connectivity index (χ4v) is 5.61. The fourth-order valence-electron chi connectivity index (χ4n) is 5.34. The summed E-state index contributed by atoms with van der Waals surface area (Å²) in [5.74, 6) is 0.248. The van der Waals surface area contributed by atoms with E-state index >= 15 is 0 Å². The number of hydrogen-bond acceptors (Lipinski definition) is 7. The van der Waals surface area contributed by atoms with Crippen molar-refractivity contribution >= 4 is 23.6 Å². The number of ether oxygens (including phenoxy) is 2. The van der Waals surface area contributed by atoms with E-state index in [1.54, 1.807) is 25.3 Å². The van der Waals surface area contributed by atoms with E-state index in [1.165, 1.54) is 4.42 Å². The van der Waals surface area contributed by atoms with Gasteiger partial charge in [-0.3, -0.25) is 14.0 Å². The summed E-state index contributed by atoms with van der Waals surface area (Å²) >= 11 is 6.51. The minimum absolute atomic E-state index is 0.0439. The van der Waals surface area contributed by atoms with E-state index in [-0.39, 0.29) is 48.8 Å². The van der Waals surface area contributed by atoms with Gasteiger partial charge in [0.15, 0.2) is 0 Å². The highest BCUT2D eigenvalue weighted by Crippen LogP contribution is 2.38. The second-order valence-corrected chi connectivity index (χ2v) is 12.7. The van der Waals surface area contributed by atoms with Gasteiger partial charge in [0.2, 0.25) is 5.91 Å². The van der Waals surface area contributed by atoms with E-state index in [9.17, 15) is 19.8 Å². The maximum absolute atomic E-state index is 13.3. The summed E-state index contributed by atoms with van der Waals surface area (Å²) in [6.07, 6.45) is 3.89. The molecule has 0 unspecified atom stereocenters. The number of aliphatic hydroxyl groups excluding tert-OH is 2. The predicted octanol–water partition coefficient (Wildman–Crippen LogP) is 4.13. The lowest BCUT2D eigenvalue weighted by molar-refractivity contribution is -0.134. The summed E-state index contributed by atoms with van der Waals surface area (Å²) in [5, 5.41) is 23.5. The zero-order valence-electron chi connectivity index (χ0n) is 25.5. The summed E-state index contributed by atoms with van der Waals surface area (Å²) in [5.41, 5.74) is 6.17. The van der Waals surface area contributed by atoms with E-state index in [4.69, 9.17) is 27.0 Å². The smallest absolute Gasteiger partial charge is 0.271 e.